The quantitative estimate of drug-likeness (QED) is 0.442. The molecular weight excluding hydrogens is 516 g/mol. The summed E-state index contributed by atoms with van der Waals surface area (Å²) in [5.41, 5.74) is 0.861. The minimum Gasteiger partial charge on any atom is -0.379 e. The van der Waals surface area contributed by atoms with Crippen molar-refractivity contribution in [1.82, 2.24) is 14.7 Å². The van der Waals surface area contributed by atoms with Gasteiger partial charge in [-0.25, -0.2) is 8.42 Å². The van der Waals surface area contributed by atoms with Crippen molar-refractivity contribution in [1.29, 1.82) is 0 Å². The number of hydrogen-bond donors (Lipinski definition) is 1. The minimum absolute atomic E-state index is 0.0730. The molecular formula is C29H46N4O5S. The van der Waals surface area contributed by atoms with Crippen LogP contribution >= 0.6 is 0 Å². The number of nitrogens with one attached hydrogen (secondary N) is 1. The minimum atomic E-state index is -3.41. The van der Waals surface area contributed by atoms with Crippen LogP contribution < -0.4 is 4.72 Å². The van der Waals surface area contributed by atoms with Gasteiger partial charge in [-0.3, -0.25) is 19.2 Å². The van der Waals surface area contributed by atoms with Crippen LogP contribution in [0.25, 0.3) is 0 Å². The highest BCUT2D eigenvalue weighted by molar-refractivity contribution is 7.92. The molecule has 0 radical (unpaired) electrons. The summed E-state index contributed by atoms with van der Waals surface area (Å²) in [6, 6.07) is 7.02. The molecule has 0 aromatic heterocycles. The van der Waals surface area contributed by atoms with E-state index in [1.54, 1.807) is 29.2 Å². The van der Waals surface area contributed by atoms with Crippen LogP contribution in [0.4, 0.5) is 5.69 Å². The van der Waals surface area contributed by atoms with E-state index in [9.17, 15) is 18.0 Å². The standard InChI is InChI=1S/C29H46N4O5S/c1-39(36,37)30-25-15-13-24(14-16-25)29(35)32(18-8-17-31-19-21-38-22-20-31)23-28(34)33(26-9-4-2-5-10-26)27-11-6-3-7-12-27/h13-16,26-27,30H,2-12,17-23H2,1H3. The van der Waals surface area contributed by atoms with Crippen molar-refractivity contribution < 1.29 is 22.7 Å². The Morgan fingerprint density at radius 3 is 2.03 bits per heavy atom. The number of amides is 2. The van der Waals surface area contributed by atoms with E-state index in [1.807, 2.05) is 0 Å². The van der Waals surface area contributed by atoms with Gasteiger partial charge in [0.2, 0.25) is 15.9 Å². The molecule has 2 saturated carbocycles. The number of morpholine rings is 1. The van der Waals surface area contributed by atoms with Crippen LogP contribution in [-0.4, -0.2) is 99.2 Å². The Kier molecular flexibility index (Phi) is 11.0. The Balaban J connectivity index is 1.49. The van der Waals surface area contributed by atoms with E-state index >= 15 is 0 Å². The monoisotopic (exact) mass is 562 g/mol. The first-order valence-electron chi connectivity index (χ1n) is 14.8. The lowest BCUT2D eigenvalue weighted by Crippen LogP contribution is -2.53. The molecule has 0 atom stereocenters. The number of hydrogen-bond acceptors (Lipinski definition) is 6. The van der Waals surface area contributed by atoms with Gasteiger partial charge in [-0.2, -0.15) is 0 Å². The predicted molar refractivity (Wildman–Crippen MR) is 153 cm³/mol. The van der Waals surface area contributed by atoms with Crippen molar-refractivity contribution in [3.63, 3.8) is 0 Å². The van der Waals surface area contributed by atoms with Crippen molar-refractivity contribution in [3.05, 3.63) is 29.8 Å². The fourth-order valence-electron chi connectivity index (χ4n) is 6.31. The SMILES string of the molecule is CS(=O)(=O)Nc1ccc(C(=O)N(CCCN2CCOCC2)CC(=O)N(C2CCCCC2)C2CCCCC2)cc1. The van der Waals surface area contributed by atoms with Crippen LogP contribution in [-0.2, 0) is 19.6 Å². The van der Waals surface area contributed by atoms with Gasteiger partial charge in [0.05, 0.1) is 19.5 Å². The van der Waals surface area contributed by atoms with Crippen LogP contribution in [0.1, 0.15) is 81.0 Å². The first-order valence-corrected chi connectivity index (χ1v) is 16.7. The van der Waals surface area contributed by atoms with Crippen LogP contribution in [0.15, 0.2) is 24.3 Å². The summed E-state index contributed by atoms with van der Waals surface area (Å²) in [5, 5.41) is 0. The maximum atomic E-state index is 14.0. The zero-order valence-corrected chi connectivity index (χ0v) is 24.3. The summed E-state index contributed by atoms with van der Waals surface area (Å²) in [4.78, 5) is 33.9. The summed E-state index contributed by atoms with van der Waals surface area (Å²) in [7, 11) is -3.41. The molecule has 1 N–H and O–H groups in total. The molecule has 1 aromatic rings. The third kappa shape index (κ3) is 9.18. The van der Waals surface area contributed by atoms with Gasteiger partial charge in [-0.05, 0) is 56.4 Å². The highest BCUT2D eigenvalue weighted by atomic mass is 32.2. The number of carbonyl (C=O) groups is 2. The van der Waals surface area contributed by atoms with Gasteiger partial charge in [0.1, 0.15) is 6.54 Å². The molecule has 4 rings (SSSR count). The van der Waals surface area contributed by atoms with Crippen LogP contribution in [0.3, 0.4) is 0 Å². The number of sulfonamides is 1. The van der Waals surface area contributed by atoms with Gasteiger partial charge in [0.25, 0.3) is 5.91 Å². The normalized spacial score (nSPS) is 19.9. The molecule has 3 aliphatic rings. The second kappa shape index (κ2) is 14.5. The molecule has 1 saturated heterocycles. The third-order valence-corrected chi connectivity index (χ3v) is 8.89. The van der Waals surface area contributed by atoms with E-state index in [4.69, 9.17) is 4.74 Å². The largest absolute Gasteiger partial charge is 0.379 e. The fourth-order valence-corrected chi connectivity index (χ4v) is 6.87. The molecule has 1 aliphatic heterocycles. The summed E-state index contributed by atoms with van der Waals surface area (Å²) < 4.78 is 31.1. The van der Waals surface area contributed by atoms with Crippen LogP contribution in [0.5, 0.6) is 0 Å². The van der Waals surface area contributed by atoms with E-state index in [2.05, 4.69) is 14.5 Å². The number of carbonyl (C=O) groups excluding carboxylic acids is 2. The molecule has 9 nitrogen and oxygen atoms in total. The number of benzene rings is 1. The van der Waals surface area contributed by atoms with Gasteiger partial charge in [-0.1, -0.05) is 38.5 Å². The zero-order valence-electron chi connectivity index (χ0n) is 23.5. The first-order chi connectivity index (χ1) is 18.8. The van der Waals surface area contributed by atoms with Gasteiger partial charge >= 0.3 is 0 Å². The number of ether oxygens (including phenoxy) is 1. The van der Waals surface area contributed by atoms with Crippen molar-refractivity contribution in [3.8, 4) is 0 Å². The zero-order chi connectivity index (χ0) is 27.7. The van der Waals surface area contributed by atoms with Crippen molar-refractivity contribution >= 4 is 27.5 Å². The summed E-state index contributed by atoms with van der Waals surface area (Å²) in [6.45, 7) is 4.66. The fraction of sp³-hybridized carbons (Fsp3) is 0.724. The molecule has 1 heterocycles. The lowest BCUT2D eigenvalue weighted by atomic mass is 9.88. The Labute approximate surface area is 234 Å². The van der Waals surface area contributed by atoms with Gasteiger partial charge < -0.3 is 14.5 Å². The third-order valence-electron chi connectivity index (χ3n) is 8.28. The summed E-state index contributed by atoms with van der Waals surface area (Å²) >= 11 is 0. The molecule has 10 heteroatoms. The molecule has 39 heavy (non-hydrogen) atoms. The second-order valence-corrected chi connectivity index (χ2v) is 13.1. The molecule has 0 unspecified atom stereocenters. The predicted octanol–water partition coefficient (Wildman–Crippen LogP) is 3.72. The van der Waals surface area contributed by atoms with E-state index in [0.717, 1.165) is 96.9 Å². The number of nitrogens with zero attached hydrogens (tertiary/aromatic N) is 3. The van der Waals surface area contributed by atoms with Crippen molar-refractivity contribution in [2.75, 3.05) is 56.9 Å². The maximum absolute atomic E-state index is 14.0. The molecule has 1 aromatic carbocycles. The average molecular weight is 563 g/mol. The summed E-state index contributed by atoms with van der Waals surface area (Å²) in [5.74, 6) is -0.118. The average Bonchev–Trinajstić information content (AvgIpc) is 2.94. The molecule has 3 fully saturated rings. The van der Waals surface area contributed by atoms with Gasteiger partial charge in [0.15, 0.2) is 0 Å². The van der Waals surface area contributed by atoms with Crippen molar-refractivity contribution in [2.45, 2.75) is 82.7 Å². The van der Waals surface area contributed by atoms with Crippen molar-refractivity contribution in [2.24, 2.45) is 0 Å². The molecule has 0 bridgehead atoms. The number of rotatable bonds is 11. The van der Waals surface area contributed by atoms with E-state index in [1.165, 1.54) is 12.8 Å². The maximum Gasteiger partial charge on any atom is 0.254 e. The van der Waals surface area contributed by atoms with E-state index in [0.29, 0.717) is 17.8 Å². The van der Waals surface area contributed by atoms with Crippen LogP contribution in [0, 0.1) is 0 Å². The molecule has 0 spiro atoms. The van der Waals surface area contributed by atoms with E-state index in [-0.39, 0.29) is 30.4 Å². The lowest BCUT2D eigenvalue weighted by molar-refractivity contribution is -0.138. The molecule has 2 aliphatic carbocycles. The first kappa shape index (κ1) is 29.8. The molecule has 218 valence electrons. The Bertz CT molecular complexity index is 1010. The Hall–Kier alpha value is -2.17. The lowest BCUT2D eigenvalue weighted by Gasteiger charge is -2.42. The van der Waals surface area contributed by atoms with Gasteiger partial charge in [-0.15, -0.1) is 0 Å². The highest BCUT2D eigenvalue weighted by Gasteiger charge is 2.34. The number of anilines is 1. The van der Waals surface area contributed by atoms with E-state index < -0.39 is 10.0 Å². The smallest absolute Gasteiger partial charge is 0.254 e. The Morgan fingerprint density at radius 2 is 1.49 bits per heavy atom. The molecule has 2 amide bonds. The Morgan fingerprint density at radius 1 is 0.923 bits per heavy atom. The van der Waals surface area contributed by atoms with Gasteiger partial charge in [0, 0.05) is 49.5 Å². The van der Waals surface area contributed by atoms with Crippen LogP contribution in [0.2, 0.25) is 0 Å². The topological polar surface area (TPSA) is 99.3 Å². The second-order valence-electron chi connectivity index (χ2n) is 11.4. The highest BCUT2D eigenvalue weighted by Crippen LogP contribution is 2.30. The summed E-state index contributed by atoms with van der Waals surface area (Å²) in [6.07, 6.45) is 13.2.